The van der Waals surface area contributed by atoms with Crippen molar-refractivity contribution in [1.82, 2.24) is 0 Å². The molecule has 26 heavy (non-hydrogen) atoms. The minimum Gasteiger partial charge on any atom is -0.458 e. The van der Waals surface area contributed by atoms with Crippen molar-refractivity contribution in [3.05, 3.63) is 35.4 Å². The van der Waals surface area contributed by atoms with Crippen molar-refractivity contribution < 1.29 is 28.5 Å². The lowest BCUT2D eigenvalue weighted by Gasteiger charge is -2.32. The Bertz CT molecular complexity index is 563. The molecule has 0 bridgehead atoms. The van der Waals surface area contributed by atoms with E-state index in [-0.39, 0.29) is 36.0 Å². The van der Waals surface area contributed by atoms with Crippen LogP contribution < -0.4 is 0 Å². The van der Waals surface area contributed by atoms with Crippen LogP contribution in [0.15, 0.2) is 24.3 Å². The predicted octanol–water partition coefficient (Wildman–Crippen LogP) is 2.85. The number of carbonyl (C=O) groups is 2. The minimum absolute atomic E-state index is 0.129. The van der Waals surface area contributed by atoms with E-state index in [9.17, 15) is 9.59 Å². The van der Waals surface area contributed by atoms with Crippen LogP contribution in [0.5, 0.6) is 0 Å². The molecule has 2 heterocycles. The highest BCUT2D eigenvalue weighted by molar-refractivity contribution is 5.93. The Kier molecular flexibility index (Phi) is 6.27. The topological polar surface area (TPSA) is 71.1 Å². The van der Waals surface area contributed by atoms with Crippen molar-refractivity contribution >= 4 is 11.9 Å². The number of benzene rings is 1. The molecule has 2 aliphatic rings. The van der Waals surface area contributed by atoms with E-state index in [0.29, 0.717) is 37.6 Å². The largest absolute Gasteiger partial charge is 0.458 e. The molecule has 1 aromatic carbocycles. The molecule has 0 aliphatic carbocycles. The van der Waals surface area contributed by atoms with Crippen LogP contribution in [0.2, 0.25) is 0 Å². The zero-order chi connectivity index (χ0) is 18.5. The lowest BCUT2D eigenvalue weighted by atomic mass is 9.98. The number of rotatable bonds is 8. The second-order valence-electron chi connectivity index (χ2n) is 6.88. The first-order valence-corrected chi connectivity index (χ1v) is 9.29. The molecule has 3 rings (SSSR count). The van der Waals surface area contributed by atoms with Crippen LogP contribution in [0, 0.1) is 11.8 Å². The van der Waals surface area contributed by atoms with Gasteiger partial charge in [0.15, 0.2) is 0 Å². The quantitative estimate of drug-likeness (QED) is 0.662. The third kappa shape index (κ3) is 4.24. The molecule has 0 aromatic heterocycles. The van der Waals surface area contributed by atoms with Crippen molar-refractivity contribution in [3.63, 3.8) is 0 Å². The summed E-state index contributed by atoms with van der Waals surface area (Å²) in [6.45, 7) is 6.55. The molecule has 6 nitrogen and oxygen atoms in total. The third-order valence-electron chi connectivity index (χ3n) is 5.06. The number of ether oxygens (including phenoxy) is 4. The van der Waals surface area contributed by atoms with Gasteiger partial charge in [0.2, 0.25) is 0 Å². The van der Waals surface area contributed by atoms with Crippen molar-refractivity contribution in [2.24, 2.45) is 11.8 Å². The zero-order valence-electron chi connectivity index (χ0n) is 15.3. The zero-order valence-corrected chi connectivity index (χ0v) is 15.3. The monoisotopic (exact) mass is 362 g/mol. The normalized spacial score (nSPS) is 19.8. The number of hydrogen-bond donors (Lipinski definition) is 0. The lowest BCUT2D eigenvalue weighted by Crippen LogP contribution is -2.40. The van der Waals surface area contributed by atoms with Gasteiger partial charge in [-0.3, -0.25) is 0 Å². The van der Waals surface area contributed by atoms with E-state index >= 15 is 0 Å². The molecule has 0 saturated carbocycles. The minimum atomic E-state index is -0.373. The first-order valence-electron chi connectivity index (χ1n) is 9.29. The first kappa shape index (κ1) is 18.9. The summed E-state index contributed by atoms with van der Waals surface area (Å²) >= 11 is 0. The van der Waals surface area contributed by atoms with Crippen LogP contribution >= 0.6 is 0 Å². The van der Waals surface area contributed by atoms with Gasteiger partial charge in [0.05, 0.1) is 37.6 Å². The maximum Gasteiger partial charge on any atom is 0.338 e. The average Bonchev–Trinajstić information content (AvgIpc) is 2.57. The van der Waals surface area contributed by atoms with E-state index in [1.54, 1.807) is 24.3 Å². The van der Waals surface area contributed by atoms with Crippen LogP contribution in [0.1, 0.15) is 47.4 Å². The molecule has 2 saturated heterocycles. The van der Waals surface area contributed by atoms with Crippen LogP contribution in [0.4, 0.5) is 0 Å². The van der Waals surface area contributed by atoms with Gasteiger partial charge in [0.25, 0.3) is 0 Å². The van der Waals surface area contributed by atoms with Gasteiger partial charge in [-0.1, -0.05) is 13.8 Å². The fourth-order valence-corrected chi connectivity index (χ4v) is 3.12. The molecule has 0 amide bonds. The summed E-state index contributed by atoms with van der Waals surface area (Å²) in [6.07, 6.45) is 1.26. The molecule has 2 fully saturated rings. The molecule has 2 unspecified atom stereocenters. The highest BCUT2D eigenvalue weighted by Crippen LogP contribution is 2.23. The number of hydrogen-bond acceptors (Lipinski definition) is 6. The van der Waals surface area contributed by atoms with Gasteiger partial charge in [0, 0.05) is 11.8 Å². The SMILES string of the molecule is CCC(OC(=O)c1ccc(C(=O)OC(CC)C2COC2)cc1)C1COC1. The average molecular weight is 362 g/mol. The lowest BCUT2D eigenvalue weighted by molar-refractivity contribution is -0.0977. The first-order chi connectivity index (χ1) is 12.6. The van der Waals surface area contributed by atoms with Gasteiger partial charge in [-0.05, 0) is 37.1 Å². The summed E-state index contributed by atoms with van der Waals surface area (Å²) in [5, 5.41) is 0. The Morgan fingerprint density at radius 1 is 0.846 bits per heavy atom. The van der Waals surface area contributed by atoms with Crippen molar-refractivity contribution in [2.75, 3.05) is 26.4 Å². The van der Waals surface area contributed by atoms with E-state index in [2.05, 4.69) is 0 Å². The second kappa shape index (κ2) is 8.64. The van der Waals surface area contributed by atoms with Crippen molar-refractivity contribution in [2.45, 2.75) is 38.9 Å². The van der Waals surface area contributed by atoms with Gasteiger partial charge >= 0.3 is 11.9 Å². The molecule has 0 N–H and O–H groups in total. The summed E-state index contributed by atoms with van der Waals surface area (Å²) in [4.78, 5) is 24.6. The van der Waals surface area contributed by atoms with E-state index in [4.69, 9.17) is 18.9 Å². The molecule has 0 spiro atoms. The van der Waals surface area contributed by atoms with Crippen LogP contribution in [0.3, 0.4) is 0 Å². The van der Waals surface area contributed by atoms with E-state index in [1.165, 1.54) is 0 Å². The van der Waals surface area contributed by atoms with Crippen LogP contribution in [-0.4, -0.2) is 50.6 Å². The maximum absolute atomic E-state index is 12.3. The van der Waals surface area contributed by atoms with E-state index < -0.39 is 0 Å². The number of carbonyl (C=O) groups excluding carboxylic acids is 2. The molecule has 1 aromatic rings. The molecular formula is C20H26O6. The molecule has 6 heteroatoms. The van der Waals surface area contributed by atoms with Gasteiger partial charge in [0.1, 0.15) is 12.2 Å². The van der Waals surface area contributed by atoms with Crippen LogP contribution in [0.25, 0.3) is 0 Å². The van der Waals surface area contributed by atoms with Gasteiger partial charge in [-0.15, -0.1) is 0 Å². The Balaban J connectivity index is 1.56. The molecule has 2 atom stereocenters. The summed E-state index contributed by atoms with van der Waals surface area (Å²) in [7, 11) is 0. The van der Waals surface area contributed by atoms with Gasteiger partial charge < -0.3 is 18.9 Å². The molecular weight excluding hydrogens is 336 g/mol. The van der Waals surface area contributed by atoms with E-state index in [0.717, 1.165) is 12.8 Å². The van der Waals surface area contributed by atoms with Gasteiger partial charge in [-0.2, -0.15) is 0 Å². The molecule has 0 radical (unpaired) electrons. The Hall–Kier alpha value is -1.92. The van der Waals surface area contributed by atoms with Gasteiger partial charge in [-0.25, -0.2) is 9.59 Å². The second-order valence-corrected chi connectivity index (χ2v) is 6.88. The molecule has 142 valence electrons. The Labute approximate surface area is 153 Å². The Morgan fingerprint density at radius 2 is 1.19 bits per heavy atom. The fourth-order valence-electron chi connectivity index (χ4n) is 3.12. The van der Waals surface area contributed by atoms with Crippen LogP contribution in [-0.2, 0) is 18.9 Å². The van der Waals surface area contributed by atoms with E-state index in [1.807, 2.05) is 13.8 Å². The predicted molar refractivity (Wildman–Crippen MR) is 94.0 cm³/mol. The summed E-state index contributed by atoms with van der Waals surface area (Å²) < 4.78 is 21.5. The summed E-state index contributed by atoms with van der Waals surface area (Å²) in [5.41, 5.74) is 0.861. The smallest absolute Gasteiger partial charge is 0.338 e. The third-order valence-corrected chi connectivity index (χ3v) is 5.06. The number of esters is 2. The highest BCUT2D eigenvalue weighted by Gasteiger charge is 2.31. The maximum atomic E-state index is 12.3. The highest BCUT2D eigenvalue weighted by atomic mass is 16.6. The summed E-state index contributed by atoms with van der Waals surface area (Å²) in [5.74, 6) is -0.192. The van der Waals surface area contributed by atoms with Crippen molar-refractivity contribution in [3.8, 4) is 0 Å². The Morgan fingerprint density at radius 3 is 1.42 bits per heavy atom. The molecule has 2 aliphatic heterocycles. The fraction of sp³-hybridized carbons (Fsp3) is 0.600. The summed E-state index contributed by atoms with van der Waals surface area (Å²) in [6, 6.07) is 6.43. The standard InChI is InChI=1S/C20H26O6/c1-3-17(15-9-23-10-15)25-19(21)13-5-7-14(8-6-13)20(22)26-18(4-2)16-11-24-12-16/h5-8,15-18H,3-4,9-12H2,1-2H3. The van der Waals surface area contributed by atoms with Crippen molar-refractivity contribution in [1.29, 1.82) is 0 Å².